The molecule has 0 aromatic carbocycles. The van der Waals surface area contributed by atoms with Gasteiger partial charge in [-0.3, -0.25) is 4.79 Å². The molecule has 0 bridgehead atoms. The molecule has 0 saturated heterocycles. The third kappa shape index (κ3) is 3.08. The van der Waals surface area contributed by atoms with Crippen LogP contribution in [0.3, 0.4) is 0 Å². The number of aliphatic hydroxyl groups is 2. The molecule has 3 N–H and O–H groups in total. The summed E-state index contributed by atoms with van der Waals surface area (Å²) in [6, 6.07) is 0. The first-order valence-electron chi connectivity index (χ1n) is 10.3. The van der Waals surface area contributed by atoms with Crippen LogP contribution in [0.5, 0.6) is 0 Å². The summed E-state index contributed by atoms with van der Waals surface area (Å²) < 4.78 is 31.3. The number of fused-ring (bicyclic) bond motifs is 1. The maximum absolute atomic E-state index is 16.1. The summed E-state index contributed by atoms with van der Waals surface area (Å²) in [5, 5.41) is 30.7. The van der Waals surface area contributed by atoms with Crippen LogP contribution >= 0.6 is 0 Å². The minimum Gasteiger partial charge on any atom is -0.479 e. The van der Waals surface area contributed by atoms with Gasteiger partial charge in [-0.25, -0.2) is 13.6 Å². The number of carbonyl (C=O) groups is 2. The van der Waals surface area contributed by atoms with Gasteiger partial charge in [0.1, 0.15) is 12.3 Å². The first kappa shape index (κ1) is 22.1. The number of carbonyl (C=O) groups excluding carboxylic acids is 1. The fourth-order valence-electron chi connectivity index (χ4n) is 6.30. The summed E-state index contributed by atoms with van der Waals surface area (Å²) in [5.74, 6) is -3.22. The first-order chi connectivity index (χ1) is 13.4. The summed E-state index contributed by atoms with van der Waals surface area (Å²) >= 11 is 0. The molecule has 7 heteroatoms. The zero-order valence-electron chi connectivity index (χ0n) is 17.1. The van der Waals surface area contributed by atoms with E-state index in [1.54, 1.807) is 13.8 Å². The van der Waals surface area contributed by atoms with E-state index in [1.165, 1.54) is 25.2 Å². The number of rotatable bonds is 5. The SMILES string of the molecule is CC[C@]12C=CC(=O)C=C1[C@@H](F)CC(C1CC[C@](O)(C(=O)O)[C@@]1(C)C[C@@H](C)O)[C@H]2F. The second-order valence-electron chi connectivity index (χ2n) is 9.28. The highest BCUT2D eigenvalue weighted by atomic mass is 19.1. The molecule has 0 spiro atoms. The second kappa shape index (κ2) is 7.27. The lowest BCUT2D eigenvalue weighted by Gasteiger charge is -2.52. The van der Waals surface area contributed by atoms with E-state index in [9.17, 15) is 24.9 Å². The summed E-state index contributed by atoms with van der Waals surface area (Å²) in [6.45, 7) is 4.81. The Kier molecular flexibility index (Phi) is 5.54. The number of carboxylic acid groups (broad SMARTS) is 1. The number of aliphatic hydroxyl groups excluding tert-OH is 1. The van der Waals surface area contributed by atoms with Crippen molar-refractivity contribution in [3.8, 4) is 0 Å². The minimum absolute atomic E-state index is 0.0310. The maximum atomic E-state index is 16.1. The lowest BCUT2D eigenvalue weighted by Crippen LogP contribution is -2.56. The molecule has 2 unspecified atom stereocenters. The molecular weight excluding hydrogens is 382 g/mol. The van der Waals surface area contributed by atoms with Gasteiger partial charge < -0.3 is 15.3 Å². The van der Waals surface area contributed by atoms with E-state index in [-0.39, 0.29) is 43.5 Å². The van der Waals surface area contributed by atoms with Crippen LogP contribution in [0.2, 0.25) is 0 Å². The Morgan fingerprint density at radius 1 is 1.38 bits per heavy atom. The van der Waals surface area contributed by atoms with E-state index in [0.717, 1.165) is 0 Å². The van der Waals surface area contributed by atoms with Crippen LogP contribution in [0.4, 0.5) is 8.78 Å². The van der Waals surface area contributed by atoms with Crippen LogP contribution in [-0.4, -0.2) is 51.1 Å². The molecule has 8 atom stereocenters. The lowest BCUT2D eigenvalue weighted by atomic mass is 9.54. The lowest BCUT2D eigenvalue weighted by molar-refractivity contribution is -0.178. The van der Waals surface area contributed by atoms with Gasteiger partial charge in [0.15, 0.2) is 11.4 Å². The number of carboxylic acids is 1. The zero-order chi connectivity index (χ0) is 21.8. The predicted molar refractivity (Wildman–Crippen MR) is 103 cm³/mol. The van der Waals surface area contributed by atoms with Crippen LogP contribution in [0.25, 0.3) is 0 Å². The predicted octanol–water partition coefficient (Wildman–Crippen LogP) is 3.15. The van der Waals surface area contributed by atoms with Crippen molar-refractivity contribution in [2.24, 2.45) is 22.7 Å². The van der Waals surface area contributed by atoms with Gasteiger partial charge in [-0.05, 0) is 68.6 Å². The number of halogens is 2. The molecule has 162 valence electrons. The Hall–Kier alpha value is -1.60. The summed E-state index contributed by atoms with van der Waals surface area (Å²) in [4.78, 5) is 23.7. The molecule has 29 heavy (non-hydrogen) atoms. The molecule has 0 aliphatic heterocycles. The van der Waals surface area contributed by atoms with Crippen LogP contribution in [0, 0.1) is 22.7 Å². The van der Waals surface area contributed by atoms with E-state index in [1.807, 2.05) is 0 Å². The third-order valence-electron chi connectivity index (χ3n) is 7.82. The summed E-state index contributed by atoms with van der Waals surface area (Å²) in [6.07, 6.45) is 0.180. The van der Waals surface area contributed by atoms with Crippen LogP contribution < -0.4 is 0 Å². The Morgan fingerprint density at radius 3 is 2.59 bits per heavy atom. The van der Waals surface area contributed by atoms with Gasteiger partial charge in [0.25, 0.3) is 0 Å². The Balaban J connectivity index is 2.06. The highest BCUT2D eigenvalue weighted by Gasteiger charge is 2.66. The van der Waals surface area contributed by atoms with E-state index in [0.29, 0.717) is 0 Å². The molecule has 0 amide bonds. The topological polar surface area (TPSA) is 94.8 Å². The van der Waals surface area contributed by atoms with Gasteiger partial charge in [-0.2, -0.15) is 0 Å². The van der Waals surface area contributed by atoms with Gasteiger partial charge >= 0.3 is 5.97 Å². The Bertz CT molecular complexity index is 762. The van der Waals surface area contributed by atoms with Gasteiger partial charge in [0.05, 0.1) is 6.10 Å². The third-order valence-corrected chi connectivity index (χ3v) is 7.82. The number of ketones is 1. The number of alkyl halides is 2. The highest BCUT2D eigenvalue weighted by Crippen LogP contribution is 2.62. The number of allylic oxidation sites excluding steroid dienone is 4. The number of hydrogen-bond donors (Lipinski definition) is 3. The van der Waals surface area contributed by atoms with Crippen LogP contribution in [0.1, 0.15) is 52.9 Å². The minimum atomic E-state index is -2.12. The Labute approximate surface area is 169 Å². The molecule has 3 aliphatic carbocycles. The second-order valence-corrected chi connectivity index (χ2v) is 9.28. The van der Waals surface area contributed by atoms with E-state index >= 15 is 8.78 Å². The van der Waals surface area contributed by atoms with Gasteiger partial charge in [-0.15, -0.1) is 0 Å². The molecule has 5 nitrogen and oxygen atoms in total. The van der Waals surface area contributed by atoms with Gasteiger partial charge in [0, 0.05) is 10.8 Å². The summed E-state index contributed by atoms with van der Waals surface area (Å²) in [7, 11) is 0. The fraction of sp³-hybridized carbons (Fsp3) is 0.727. The molecule has 0 heterocycles. The summed E-state index contributed by atoms with van der Waals surface area (Å²) in [5.41, 5.74) is -4.52. The van der Waals surface area contributed by atoms with Crippen molar-refractivity contribution in [2.45, 2.75) is 76.9 Å². The average Bonchev–Trinajstić information content (AvgIpc) is 2.90. The Morgan fingerprint density at radius 2 is 2.03 bits per heavy atom. The van der Waals surface area contributed by atoms with Crippen LogP contribution in [0.15, 0.2) is 23.8 Å². The molecule has 3 rings (SSSR count). The smallest absolute Gasteiger partial charge is 0.336 e. The normalized spacial score (nSPS) is 45.6. The monoisotopic (exact) mass is 412 g/mol. The molecule has 2 fully saturated rings. The quantitative estimate of drug-likeness (QED) is 0.645. The average molecular weight is 412 g/mol. The van der Waals surface area contributed by atoms with E-state index in [2.05, 4.69) is 0 Å². The van der Waals surface area contributed by atoms with Crippen molar-refractivity contribution in [1.29, 1.82) is 0 Å². The number of aliphatic carboxylic acids is 1. The zero-order valence-corrected chi connectivity index (χ0v) is 17.1. The van der Waals surface area contributed by atoms with Gasteiger partial charge in [0.2, 0.25) is 0 Å². The van der Waals surface area contributed by atoms with Crippen molar-refractivity contribution in [1.82, 2.24) is 0 Å². The van der Waals surface area contributed by atoms with Crippen molar-refractivity contribution in [3.05, 3.63) is 23.8 Å². The molecule has 0 aromatic heterocycles. The highest BCUT2D eigenvalue weighted by molar-refractivity contribution is 6.01. The van der Waals surface area contributed by atoms with E-state index in [4.69, 9.17) is 0 Å². The van der Waals surface area contributed by atoms with Crippen molar-refractivity contribution in [3.63, 3.8) is 0 Å². The molecule has 0 radical (unpaired) electrons. The van der Waals surface area contributed by atoms with Crippen molar-refractivity contribution < 1.29 is 33.7 Å². The van der Waals surface area contributed by atoms with Gasteiger partial charge in [-0.1, -0.05) is 19.9 Å². The molecule has 2 saturated carbocycles. The van der Waals surface area contributed by atoms with E-state index < -0.39 is 52.7 Å². The first-order valence-corrected chi connectivity index (χ1v) is 10.3. The largest absolute Gasteiger partial charge is 0.479 e. The standard InChI is InChI=1S/C22H30F2O5/c1-4-21-7-5-13(26)9-16(21)17(23)10-14(18(21)24)15-6-8-22(29,19(27)28)20(15,3)11-12(2)25/h5,7,9,12,14-15,17-18,25,29H,4,6,8,10-11H2,1-3H3,(H,27,28)/t12-,14?,15?,17+,18-,20+,21+,22+/m1/s1. The van der Waals surface area contributed by atoms with Crippen molar-refractivity contribution >= 4 is 11.8 Å². The number of hydrogen-bond acceptors (Lipinski definition) is 4. The molecule has 0 aromatic rings. The molecule has 3 aliphatic rings. The molecular formula is C22H30F2O5. The van der Waals surface area contributed by atoms with Crippen molar-refractivity contribution in [2.75, 3.05) is 0 Å². The fourth-order valence-corrected chi connectivity index (χ4v) is 6.30. The van der Waals surface area contributed by atoms with Crippen LogP contribution in [-0.2, 0) is 9.59 Å². The maximum Gasteiger partial charge on any atom is 0.336 e.